The Morgan fingerprint density at radius 3 is 2.70 bits per heavy atom. The van der Waals surface area contributed by atoms with Gasteiger partial charge >= 0.3 is 5.97 Å². The lowest BCUT2D eigenvalue weighted by atomic mass is 10.2. The highest BCUT2D eigenvalue weighted by atomic mass is 35.5. The smallest absolute Gasteiger partial charge is 0.328 e. The van der Waals surface area contributed by atoms with Crippen molar-refractivity contribution in [3.05, 3.63) is 65.0 Å². The predicted molar refractivity (Wildman–Crippen MR) is 76.7 cm³/mol. The van der Waals surface area contributed by atoms with Gasteiger partial charge < -0.3 is 9.84 Å². The normalized spacial score (nSPS) is 10.7. The highest BCUT2D eigenvalue weighted by molar-refractivity contribution is 6.31. The topological polar surface area (TPSA) is 59.4 Å². The van der Waals surface area contributed by atoms with Crippen LogP contribution in [0.1, 0.15) is 11.1 Å². The average molecular weight is 290 g/mol. The summed E-state index contributed by atoms with van der Waals surface area (Å²) in [5.74, 6) is -0.289. The van der Waals surface area contributed by atoms with Gasteiger partial charge in [-0.05, 0) is 29.8 Å². The summed E-state index contributed by atoms with van der Waals surface area (Å²) in [5, 5.41) is 9.10. The van der Waals surface area contributed by atoms with Crippen LogP contribution < -0.4 is 4.74 Å². The molecule has 0 amide bonds. The first-order chi connectivity index (χ1) is 9.65. The fourth-order valence-electron chi connectivity index (χ4n) is 1.52. The Kier molecular flexibility index (Phi) is 4.74. The summed E-state index contributed by atoms with van der Waals surface area (Å²) in [6.45, 7) is 0.353. The fourth-order valence-corrected chi connectivity index (χ4v) is 1.70. The summed E-state index contributed by atoms with van der Waals surface area (Å²) in [6, 6.07) is 8.91. The van der Waals surface area contributed by atoms with E-state index in [1.807, 2.05) is 0 Å². The quantitative estimate of drug-likeness (QED) is 0.857. The monoisotopic (exact) mass is 289 g/mol. The molecule has 1 N–H and O–H groups in total. The molecule has 0 fully saturated rings. The standard InChI is InChI=1S/C15H12ClNO3/c16-14-9-17-8-7-12(14)10-20-13-4-1-11(2-5-13)3-6-15(18)19/h1-9H,10H2,(H,18,19). The molecule has 1 aromatic carbocycles. The zero-order valence-corrected chi connectivity index (χ0v) is 11.2. The van der Waals surface area contributed by atoms with E-state index in [-0.39, 0.29) is 0 Å². The van der Waals surface area contributed by atoms with Crippen LogP contribution in [0.4, 0.5) is 0 Å². The van der Waals surface area contributed by atoms with Crippen LogP contribution in [0, 0.1) is 0 Å². The van der Waals surface area contributed by atoms with Crippen molar-refractivity contribution in [2.24, 2.45) is 0 Å². The number of hydrogen-bond donors (Lipinski definition) is 1. The van der Waals surface area contributed by atoms with Gasteiger partial charge in [0.05, 0.1) is 5.02 Å². The van der Waals surface area contributed by atoms with Gasteiger partial charge in [-0.2, -0.15) is 0 Å². The van der Waals surface area contributed by atoms with E-state index < -0.39 is 5.97 Å². The van der Waals surface area contributed by atoms with Gasteiger partial charge in [0.25, 0.3) is 0 Å². The molecular formula is C15H12ClNO3. The van der Waals surface area contributed by atoms with Crippen LogP contribution in [-0.4, -0.2) is 16.1 Å². The molecule has 2 aromatic rings. The van der Waals surface area contributed by atoms with E-state index in [1.54, 1.807) is 42.7 Å². The minimum atomic E-state index is -0.974. The van der Waals surface area contributed by atoms with E-state index in [0.29, 0.717) is 17.4 Å². The molecule has 2 rings (SSSR count). The molecule has 1 heterocycles. The van der Waals surface area contributed by atoms with Crippen molar-refractivity contribution in [2.45, 2.75) is 6.61 Å². The Labute approximate surface area is 121 Å². The maximum atomic E-state index is 10.4. The number of rotatable bonds is 5. The molecule has 4 nitrogen and oxygen atoms in total. The molecule has 20 heavy (non-hydrogen) atoms. The number of benzene rings is 1. The summed E-state index contributed by atoms with van der Waals surface area (Å²) < 4.78 is 5.60. The third kappa shape index (κ3) is 4.10. The van der Waals surface area contributed by atoms with E-state index in [2.05, 4.69) is 4.98 Å². The molecule has 0 saturated carbocycles. The van der Waals surface area contributed by atoms with Crippen LogP contribution in [0.3, 0.4) is 0 Å². The van der Waals surface area contributed by atoms with Gasteiger partial charge in [-0.3, -0.25) is 4.98 Å². The Bertz CT molecular complexity index is 623. The highest BCUT2D eigenvalue weighted by Gasteiger charge is 2.01. The summed E-state index contributed by atoms with van der Waals surface area (Å²) in [7, 11) is 0. The molecular weight excluding hydrogens is 278 g/mol. The van der Waals surface area contributed by atoms with Crippen LogP contribution in [0.2, 0.25) is 5.02 Å². The lowest BCUT2D eigenvalue weighted by Crippen LogP contribution is -1.96. The maximum Gasteiger partial charge on any atom is 0.328 e. The molecule has 0 bridgehead atoms. The molecule has 0 spiro atoms. The predicted octanol–water partition coefficient (Wildman–Crippen LogP) is 3.41. The molecule has 0 saturated heterocycles. The first-order valence-electron chi connectivity index (χ1n) is 5.87. The summed E-state index contributed by atoms with van der Waals surface area (Å²) in [4.78, 5) is 14.3. The van der Waals surface area contributed by atoms with Crippen molar-refractivity contribution in [1.82, 2.24) is 4.98 Å². The van der Waals surface area contributed by atoms with Crippen LogP contribution in [0.25, 0.3) is 6.08 Å². The Morgan fingerprint density at radius 2 is 2.05 bits per heavy atom. The minimum Gasteiger partial charge on any atom is -0.489 e. The van der Waals surface area contributed by atoms with Gasteiger partial charge in [-0.1, -0.05) is 23.7 Å². The van der Waals surface area contributed by atoms with Crippen molar-refractivity contribution < 1.29 is 14.6 Å². The number of carboxylic acids is 1. The summed E-state index contributed by atoms with van der Waals surface area (Å²) in [5.41, 5.74) is 1.65. The van der Waals surface area contributed by atoms with Crippen molar-refractivity contribution in [2.75, 3.05) is 0 Å². The van der Waals surface area contributed by atoms with Crippen molar-refractivity contribution in [3.8, 4) is 5.75 Å². The molecule has 1 aromatic heterocycles. The van der Waals surface area contributed by atoms with Gasteiger partial charge in [0.1, 0.15) is 12.4 Å². The maximum absolute atomic E-state index is 10.4. The van der Waals surface area contributed by atoms with Crippen molar-refractivity contribution in [3.63, 3.8) is 0 Å². The number of aromatic nitrogens is 1. The van der Waals surface area contributed by atoms with E-state index in [0.717, 1.165) is 17.2 Å². The second kappa shape index (κ2) is 6.73. The number of hydrogen-bond acceptors (Lipinski definition) is 3. The molecule has 102 valence electrons. The van der Waals surface area contributed by atoms with Crippen LogP contribution in [-0.2, 0) is 11.4 Å². The van der Waals surface area contributed by atoms with Crippen molar-refractivity contribution >= 4 is 23.6 Å². The number of aliphatic carboxylic acids is 1. The number of halogens is 1. The summed E-state index contributed by atoms with van der Waals surface area (Å²) >= 11 is 5.98. The van der Waals surface area contributed by atoms with Gasteiger partial charge in [0.2, 0.25) is 0 Å². The molecule has 0 aliphatic heterocycles. The van der Waals surface area contributed by atoms with Gasteiger partial charge in [0.15, 0.2) is 0 Å². The van der Waals surface area contributed by atoms with Crippen LogP contribution in [0.5, 0.6) is 5.75 Å². The van der Waals surface area contributed by atoms with E-state index in [4.69, 9.17) is 21.4 Å². The lowest BCUT2D eigenvalue weighted by molar-refractivity contribution is -0.131. The number of pyridine rings is 1. The fraction of sp³-hybridized carbons (Fsp3) is 0.0667. The van der Waals surface area contributed by atoms with E-state index >= 15 is 0 Å². The zero-order valence-electron chi connectivity index (χ0n) is 10.5. The van der Waals surface area contributed by atoms with Gasteiger partial charge in [0, 0.05) is 24.0 Å². The Balaban J connectivity index is 1.97. The number of ether oxygens (including phenoxy) is 1. The third-order valence-corrected chi connectivity index (χ3v) is 2.89. The minimum absolute atomic E-state index is 0.353. The average Bonchev–Trinajstić information content (AvgIpc) is 2.45. The number of nitrogens with zero attached hydrogens (tertiary/aromatic N) is 1. The van der Waals surface area contributed by atoms with Crippen molar-refractivity contribution in [1.29, 1.82) is 0 Å². The second-order valence-corrected chi connectivity index (χ2v) is 4.40. The molecule has 0 aliphatic carbocycles. The first kappa shape index (κ1) is 14.1. The van der Waals surface area contributed by atoms with E-state index in [9.17, 15) is 4.79 Å². The molecule has 0 atom stereocenters. The van der Waals surface area contributed by atoms with Crippen LogP contribution >= 0.6 is 11.6 Å². The highest BCUT2D eigenvalue weighted by Crippen LogP contribution is 2.18. The molecule has 0 radical (unpaired) electrons. The largest absolute Gasteiger partial charge is 0.489 e. The third-order valence-electron chi connectivity index (χ3n) is 2.55. The van der Waals surface area contributed by atoms with Gasteiger partial charge in [-0.15, -0.1) is 0 Å². The molecule has 5 heteroatoms. The second-order valence-electron chi connectivity index (χ2n) is 4.00. The molecule has 0 unspecified atom stereocenters. The molecule has 0 aliphatic rings. The summed E-state index contributed by atoms with van der Waals surface area (Å²) in [6.07, 6.45) is 5.84. The lowest BCUT2D eigenvalue weighted by Gasteiger charge is -2.07. The number of carboxylic acid groups (broad SMARTS) is 1. The zero-order chi connectivity index (χ0) is 14.4. The van der Waals surface area contributed by atoms with Crippen LogP contribution in [0.15, 0.2) is 48.8 Å². The Hall–Kier alpha value is -2.33. The Morgan fingerprint density at radius 1 is 1.30 bits per heavy atom. The number of carbonyl (C=O) groups is 1. The van der Waals surface area contributed by atoms with Gasteiger partial charge in [-0.25, -0.2) is 4.79 Å². The first-order valence-corrected chi connectivity index (χ1v) is 6.25. The van der Waals surface area contributed by atoms with E-state index in [1.165, 1.54) is 6.08 Å². The SMILES string of the molecule is O=C(O)C=Cc1ccc(OCc2ccncc2Cl)cc1.